The summed E-state index contributed by atoms with van der Waals surface area (Å²) in [6.07, 6.45) is 1.78. The van der Waals surface area contributed by atoms with Crippen molar-refractivity contribution in [1.82, 2.24) is 0 Å². The maximum absolute atomic E-state index is 12.1. The van der Waals surface area contributed by atoms with Crippen molar-refractivity contribution in [2.75, 3.05) is 14.2 Å². The largest absolute Gasteiger partial charge is 0.464 e. The van der Waals surface area contributed by atoms with E-state index in [-0.39, 0.29) is 12.3 Å². The van der Waals surface area contributed by atoms with Gasteiger partial charge in [-0.25, -0.2) is 4.79 Å². The second-order valence-corrected chi connectivity index (χ2v) is 5.96. The maximum Gasteiger partial charge on any atom is 0.360 e. The SMILES string of the molecule is C=Cc1ccccc1/C(C)=N/OCc1c(C)cccc1/C(=N\OC)C(=O)OC. The summed E-state index contributed by atoms with van der Waals surface area (Å²) < 4.78 is 4.81. The highest BCUT2D eigenvalue weighted by Gasteiger charge is 2.20. The van der Waals surface area contributed by atoms with Crippen LogP contribution in [0, 0.1) is 6.92 Å². The van der Waals surface area contributed by atoms with Crippen LogP contribution in [0.25, 0.3) is 6.08 Å². The summed E-state index contributed by atoms with van der Waals surface area (Å²) in [6, 6.07) is 13.3. The third-order valence-electron chi connectivity index (χ3n) is 4.21. The van der Waals surface area contributed by atoms with E-state index in [9.17, 15) is 4.79 Å². The maximum atomic E-state index is 12.1. The Bertz CT molecular complexity index is 917. The van der Waals surface area contributed by atoms with Gasteiger partial charge in [0.25, 0.3) is 0 Å². The summed E-state index contributed by atoms with van der Waals surface area (Å²) in [5.74, 6) is -0.590. The molecule has 0 amide bonds. The number of ether oxygens (including phenoxy) is 1. The third-order valence-corrected chi connectivity index (χ3v) is 4.21. The molecule has 146 valence electrons. The molecule has 0 atom stereocenters. The molecule has 0 saturated heterocycles. The van der Waals surface area contributed by atoms with Crippen LogP contribution in [-0.2, 0) is 25.8 Å². The van der Waals surface area contributed by atoms with Gasteiger partial charge in [-0.1, -0.05) is 65.4 Å². The number of hydrogen-bond donors (Lipinski definition) is 0. The zero-order chi connectivity index (χ0) is 20.5. The minimum atomic E-state index is -0.590. The topological polar surface area (TPSA) is 69.5 Å². The molecule has 28 heavy (non-hydrogen) atoms. The third kappa shape index (κ3) is 4.85. The average molecular weight is 380 g/mol. The molecule has 2 rings (SSSR count). The van der Waals surface area contributed by atoms with Crippen LogP contribution in [0.4, 0.5) is 0 Å². The van der Waals surface area contributed by atoms with E-state index < -0.39 is 5.97 Å². The van der Waals surface area contributed by atoms with Crippen molar-refractivity contribution in [3.63, 3.8) is 0 Å². The van der Waals surface area contributed by atoms with Gasteiger partial charge in [0.15, 0.2) is 5.71 Å². The lowest BCUT2D eigenvalue weighted by Crippen LogP contribution is -2.20. The molecule has 6 nitrogen and oxygen atoms in total. The highest BCUT2D eigenvalue weighted by Crippen LogP contribution is 2.18. The number of carbonyl (C=O) groups is 1. The first kappa shape index (κ1) is 20.9. The van der Waals surface area contributed by atoms with Crippen LogP contribution in [0.3, 0.4) is 0 Å². The van der Waals surface area contributed by atoms with Crippen LogP contribution in [0.15, 0.2) is 59.4 Å². The van der Waals surface area contributed by atoms with Crippen LogP contribution in [0.2, 0.25) is 0 Å². The van der Waals surface area contributed by atoms with E-state index in [1.165, 1.54) is 14.2 Å². The number of oxime groups is 2. The zero-order valence-electron chi connectivity index (χ0n) is 16.6. The quantitative estimate of drug-likeness (QED) is 0.393. The number of aryl methyl sites for hydroxylation is 1. The molecule has 0 aliphatic rings. The Labute approximate surface area is 165 Å². The van der Waals surface area contributed by atoms with Gasteiger partial charge in [0.2, 0.25) is 0 Å². The van der Waals surface area contributed by atoms with Gasteiger partial charge in [0.1, 0.15) is 13.7 Å². The summed E-state index contributed by atoms with van der Waals surface area (Å²) in [7, 11) is 2.67. The number of rotatable bonds is 8. The first-order chi connectivity index (χ1) is 13.5. The smallest absolute Gasteiger partial charge is 0.360 e. The lowest BCUT2D eigenvalue weighted by Gasteiger charge is -2.13. The Hall–Kier alpha value is -3.41. The molecule has 6 heteroatoms. The van der Waals surface area contributed by atoms with Crippen molar-refractivity contribution in [3.8, 4) is 0 Å². The normalized spacial score (nSPS) is 11.7. The summed E-state index contributed by atoms with van der Waals surface area (Å²) in [5.41, 5.74) is 5.01. The molecule has 0 saturated carbocycles. The van der Waals surface area contributed by atoms with E-state index in [1.807, 2.05) is 50.2 Å². The molecule has 0 aliphatic heterocycles. The molecule has 0 radical (unpaired) electrons. The van der Waals surface area contributed by atoms with Gasteiger partial charge < -0.3 is 14.4 Å². The minimum absolute atomic E-state index is 0.0741. The van der Waals surface area contributed by atoms with E-state index in [1.54, 1.807) is 12.1 Å². The van der Waals surface area contributed by atoms with E-state index in [0.717, 1.165) is 28.0 Å². The number of hydrogen-bond acceptors (Lipinski definition) is 6. The molecular formula is C22H24N2O4. The summed E-state index contributed by atoms with van der Waals surface area (Å²) in [6.45, 7) is 7.78. The second kappa shape index (κ2) is 10.1. The van der Waals surface area contributed by atoms with Gasteiger partial charge in [-0.15, -0.1) is 0 Å². The Morgan fingerprint density at radius 2 is 1.79 bits per heavy atom. The predicted molar refractivity (Wildman–Crippen MR) is 110 cm³/mol. The van der Waals surface area contributed by atoms with Crippen molar-refractivity contribution in [3.05, 3.63) is 76.9 Å². The number of methoxy groups -OCH3 is 1. The first-order valence-electron chi connectivity index (χ1n) is 8.70. The van der Waals surface area contributed by atoms with Gasteiger partial charge in [0, 0.05) is 16.7 Å². The number of esters is 1. The fraction of sp³-hybridized carbons (Fsp3) is 0.227. The number of benzene rings is 2. The highest BCUT2D eigenvalue weighted by molar-refractivity contribution is 6.43. The van der Waals surface area contributed by atoms with Crippen LogP contribution >= 0.6 is 0 Å². The molecule has 0 fully saturated rings. The molecule has 0 N–H and O–H groups in total. The number of nitrogens with zero attached hydrogens (tertiary/aromatic N) is 2. The fourth-order valence-electron chi connectivity index (χ4n) is 2.75. The van der Waals surface area contributed by atoms with Gasteiger partial charge in [-0.05, 0) is 25.0 Å². The van der Waals surface area contributed by atoms with Crippen molar-refractivity contribution >= 4 is 23.5 Å². The van der Waals surface area contributed by atoms with Crippen LogP contribution in [0.5, 0.6) is 0 Å². The molecule has 0 heterocycles. The molecule has 0 spiro atoms. The first-order valence-corrected chi connectivity index (χ1v) is 8.70. The van der Waals surface area contributed by atoms with E-state index in [2.05, 4.69) is 16.9 Å². The summed E-state index contributed by atoms with van der Waals surface area (Å²) in [4.78, 5) is 22.5. The monoisotopic (exact) mass is 380 g/mol. The Morgan fingerprint density at radius 3 is 2.46 bits per heavy atom. The van der Waals surface area contributed by atoms with Crippen LogP contribution in [0.1, 0.15) is 34.7 Å². The Kier molecular flexibility index (Phi) is 7.51. The molecule has 2 aromatic carbocycles. The average Bonchev–Trinajstić information content (AvgIpc) is 2.72. The lowest BCUT2D eigenvalue weighted by atomic mass is 9.99. The second-order valence-electron chi connectivity index (χ2n) is 5.96. The Balaban J connectivity index is 2.31. The van der Waals surface area contributed by atoms with Crippen LogP contribution in [-0.4, -0.2) is 31.6 Å². The summed E-state index contributed by atoms with van der Waals surface area (Å²) >= 11 is 0. The molecule has 0 aromatic heterocycles. The fourth-order valence-corrected chi connectivity index (χ4v) is 2.75. The van der Waals surface area contributed by atoms with Crippen molar-refractivity contribution < 1.29 is 19.2 Å². The molecule has 0 unspecified atom stereocenters. The van der Waals surface area contributed by atoms with Crippen molar-refractivity contribution in [2.45, 2.75) is 20.5 Å². The summed E-state index contributed by atoms with van der Waals surface area (Å²) in [5, 5.41) is 8.05. The Morgan fingerprint density at radius 1 is 1.07 bits per heavy atom. The van der Waals surface area contributed by atoms with Gasteiger partial charge in [0.05, 0.1) is 12.8 Å². The van der Waals surface area contributed by atoms with Gasteiger partial charge in [-0.3, -0.25) is 0 Å². The minimum Gasteiger partial charge on any atom is -0.464 e. The van der Waals surface area contributed by atoms with Crippen molar-refractivity contribution in [2.24, 2.45) is 10.3 Å². The van der Waals surface area contributed by atoms with E-state index in [4.69, 9.17) is 14.4 Å². The molecule has 0 aliphatic carbocycles. The van der Waals surface area contributed by atoms with Crippen molar-refractivity contribution in [1.29, 1.82) is 0 Å². The predicted octanol–water partition coefficient (Wildman–Crippen LogP) is 4.10. The molecule has 2 aromatic rings. The van der Waals surface area contributed by atoms with Gasteiger partial charge >= 0.3 is 5.97 Å². The van der Waals surface area contributed by atoms with Gasteiger partial charge in [-0.2, -0.15) is 0 Å². The molecule has 0 bridgehead atoms. The van der Waals surface area contributed by atoms with E-state index >= 15 is 0 Å². The number of carbonyl (C=O) groups excluding carboxylic acids is 1. The zero-order valence-corrected chi connectivity index (χ0v) is 16.6. The van der Waals surface area contributed by atoms with Crippen LogP contribution < -0.4 is 0 Å². The lowest BCUT2D eigenvalue weighted by molar-refractivity contribution is -0.132. The van der Waals surface area contributed by atoms with E-state index in [0.29, 0.717) is 5.56 Å². The standard InChI is InChI=1S/C22H24N2O4/c1-6-17-11-7-8-12-18(17)16(3)23-28-14-20-15(2)10-9-13-19(20)21(24-27-5)22(25)26-4/h6-13H,1,14H2,2-5H3/b23-16+,24-21+. The molecular weight excluding hydrogens is 356 g/mol. The highest BCUT2D eigenvalue weighted by atomic mass is 16.6.